The molecule has 1 aliphatic heterocycles. The molecule has 2 rings (SSSR count). The minimum Gasteiger partial charge on any atom is -0.394 e. The Balaban J connectivity index is 2.45. The average Bonchev–Trinajstić information content (AvgIpc) is 2.76. The van der Waals surface area contributed by atoms with Gasteiger partial charge in [-0.1, -0.05) is 36.4 Å². The van der Waals surface area contributed by atoms with Crippen LogP contribution < -0.4 is 0 Å². The minimum atomic E-state index is -0.808. The molecule has 4 nitrogen and oxygen atoms in total. The predicted octanol–water partition coefficient (Wildman–Crippen LogP) is 1.69. The van der Waals surface area contributed by atoms with Gasteiger partial charge in [0.15, 0.2) is 5.81 Å². The number of carbonyl (C=O) groups is 2. The minimum absolute atomic E-state index is 0.0656. The first-order chi connectivity index (χ1) is 9.97. The van der Waals surface area contributed by atoms with E-state index in [0.717, 1.165) is 21.6 Å². The van der Waals surface area contributed by atoms with Crippen molar-refractivity contribution in [1.82, 2.24) is 4.90 Å². The van der Waals surface area contributed by atoms with E-state index in [1.165, 1.54) is 0 Å². The molecule has 0 saturated carbocycles. The SMILES string of the molecule is [3H]OC[C@@H]1[C@@H](c2ccccc2C(=C)C)CC(=O)N1C([B])=O. The molecule has 2 amide bonds. The van der Waals surface area contributed by atoms with Gasteiger partial charge in [0.2, 0.25) is 15.2 Å². The van der Waals surface area contributed by atoms with Gasteiger partial charge in [-0.15, -0.1) is 0 Å². The first kappa shape index (κ1) is 13.1. The van der Waals surface area contributed by atoms with Crippen molar-refractivity contribution < 1.29 is 14.7 Å². The highest BCUT2D eigenvalue weighted by atomic mass is 16.3. The van der Waals surface area contributed by atoms with Gasteiger partial charge in [0.05, 0.1) is 12.6 Å². The highest BCUT2D eigenvalue weighted by Crippen LogP contribution is 2.37. The molecule has 0 bridgehead atoms. The molecule has 0 aromatic heterocycles. The molecule has 0 aliphatic carbocycles. The number of aliphatic hydroxyl groups excluding tert-OH is 1. The zero-order valence-corrected chi connectivity index (χ0v) is 11.3. The molecule has 2 radical (unpaired) electrons. The summed E-state index contributed by atoms with van der Waals surface area (Å²) in [6.07, 6.45) is 0.168. The third kappa shape index (κ3) is 2.41. The number of rotatable bonds is 4. The molecule has 1 aromatic carbocycles. The van der Waals surface area contributed by atoms with Gasteiger partial charge in [0, 0.05) is 12.3 Å². The van der Waals surface area contributed by atoms with Crippen LogP contribution in [0.25, 0.3) is 5.57 Å². The second kappa shape index (κ2) is 5.63. The maximum absolute atomic E-state index is 12.1. The second-order valence-electron chi connectivity index (χ2n) is 5.01. The Bertz CT molecular complexity index is 590. The standard InChI is InChI=1S/C15H16BNO3/c1-9(2)10-5-3-4-6-11(10)12-7-14(19)17(15(16)20)13(12)8-18/h3-6,12-13,18H,1,7-8H2,2H3/t12-,13-/m1/s1/i18T. The van der Waals surface area contributed by atoms with Crippen molar-refractivity contribution in [1.29, 1.82) is 1.43 Å². The summed E-state index contributed by atoms with van der Waals surface area (Å²) in [7, 11) is 5.28. The van der Waals surface area contributed by atoms with Crippen LogP contribution in [0.1, 0.15) is 30.4 Å². The largest absolute Gasteiger partial charge is 0.394 e. The van der Waals surface area contributed by atoms with Crippen molar-refractivity contribution >= 4 is 25.1 Å². The summed E-state index contributed by atoms with van der Waals surface area (Å²) in [4.78, 5) is 24.5. The molecular weight excluding hydrogens is 253 g/mol. The van der Waals surface area contributed by atoms with Gasteiger partial charge in [0.25, 0.3) is 0 Å². The van der Waals surface area contributed by atoms with Gasteiger partial charge in [-0.25, -0.2) is 0 Å². The van der Waals surface area contributed by atoms with Crippen molar-refractivity contribution in [3.8, 4) is 0 Å². The van der Waals surface area contributed by atoms with Gasteiger partial charge >= 0.3 is 0 Å². The third-order valence-corrected chi connectivity index (χ3v) is 3.69. The Morgan fingerprint density at radius 2 is 2.30 bits per heavy atom. The van der Waals surface area contributed by atoms with Crippen LogP contribution in [-0.4, -0.2) is 43.6 Å². The zero-order valence-electron chi connectivity index (χ0n) is 12.3. The van der Waals surface area contributed by atoms with Crippen molar-refractivity contribution in [3.05, 3.63) is 42.0 Å². The third-order valence-electron chi connectivity index (χ3n) is 3.69. The van der Waals surface area contributed by atoms with Crippen molar-refractivity contribution in [3.63, 3.8) is 0 Å². The van der Waals surface area contributed by atoms with Crippen LogP contribution in [0.3, 0.4) is 0 Å². The number of imide groups is 1. The van der Waals surface area contributed by atoms with Crippen molar-refractivity contribution in [2.24, 2.45) is 0 Å². The summed E-state index contributed by atoms with van der Waals surface area (Å²) in [5.74, 6) is -1.40. The highest BCUT2D eigenvalue weighted by molar-refractivity contribution is 6.58. The molecular formula is C15H16BNO3. The van der Waals surface area contributed by atoms with Gasteiger partial charge in [-0.05, 0) is 18.1 Å². The summed E-state index contributed by atoms with van der Waals surface area (Å²) < 4.78 is 6.95. The Kier molecular flexibility index (Phi) is 3.69. The molecule has 20 heavy (non-hydrogen) atoms. The van der Waals surface area contributed by atoms with E-state index in [1.807, 2.05) is 31.2 Å². The molecule has 1 saturated heterocycles. The van der Waals surface area contributed by atoms with Gasteiger partial charge < -0.3 is 5.11 Å². The van der Waals surface area contributed by atoms with Crippen LogP contribution in [0.5, 0.6) is 0 Å². The molecule has 0 unspecified atom stereocenters. The van der Waals surface area contributed by atoms with E-state index < -0.39 is 11.8 Å². The molecule has 2 atom stereocenters. The molecule has 1 heterocycles. The van der Waals surface area contributed by atoms with Crippen LogP contribution in [-0.2, 0) is 4.79 Å². The number of likely N-dealkylation sites (tertiary alicyclic amines) is 1. The highest BCUT2D eigenvalue weighted by Gasteiger charge is 2.42. The molecule has 102 valence electrons. The quantitative estimate of drug-likeness (QED) is 0.848. The average molecular weight is 271 g/mol. The maximum atomic E-state index is 12.1. The normalized spacial score (nSPS) is 22.8. The molecule has 5 heteroatoms. The molecule has 1 aliphatic rings. The monoisotopic (exact) mass is 271 g/mol. The molecule has 1 N–H and O–H groups in total. The Labute approximate surface area is 121 Å². The number of hydrogen-bond acceptors (Lipinski definition) is 3. The second-order valence-corrected chi connectivity index (χ2v) is 5.01. The van der Waals surface area contributed by atoms with Gasteiger partial charge in [-0.3, -0.25) is 14.5 Å². The topological polar surface area (TPSA) is 57.6 Å². The summed E-state index contributed by atoms with van der Waals surface area (Å²) in [5, 5.41) is 4.43. The van der Waals surface area contributed by atoms with E-state index in [1.54, 1.807) is 0 Å². The lowest BCUT2D eigenvalue weighted by Crippen LogP contribution is -2.41. The van der Waals surface area contributed by atoms with Crippen molar-refractivity contribution in [2.75, 3.05) is 6.61 Å². The number of aliphatic hydroxyl groups is 1. The first-order valence-corrected chi connectivity index (χ1v) is 6.41. The van der Waals surface area contributed by atoms with E-state index in [0.29, 0.717) is 0 Å². The zero-order chi connectivity index (χ0) is 15.6. The van der Waals surface area contributed by atoms with Crippen LogP contribution >= 0.6 is 0 Å². The maximum Gasteiger partial charge on any atom is 0.229 e. The lowest BCUT2D eigenvalue weighted by molar-refractivity contribution is -0.126. The fraction of sp³-hybridized carbons (Fsp3) is 0.333. The van der Waals surface area contributed by atoms with E-state index in [-0.39, 0.29) is 24.9 Å². The van der Waals surface area contributed by atoms with Gasteiger partial charge in [-0.2, -0.15) is 0 Å². The number of nitrogens with zero attached hydrogens (tertiary/aromatic N) is 1. The van der Waals surface area contributed by atoms with Crippen LogP contribution in [0, 0.1) is 0 Å². The number of benzene rings is 1. The number of allylic oxidation sites excluding steroid dienone is 1. The number of amides is 2. The predicted molar refractivity (Wildman–Crippen MR) is 77.4 cm³/mol. The Hall–Kier alpha value is -1.88. The molecule has 1 aromatic rings. The summed E-state index contributed by atoms with van der Waals surface area (Å²) >= 11 is 0. The summed E-state index contributed by atoms with van der Waals surface area (Å²) in [6.45, 7) is 5.76. The Morgan fingerprint density at radius 1 is 1.60 bits per heavy atom. The fourth-order valence-corrected chi connectivity index (χ4v) is 2.79. The molecule has 0 spiro atoms. The fourth-order valence-electron chi connectivity index (χ4n) is 2.79. The van der Waals surface area contributed by atoms with Crippen LogP contribution in [0.4, 0.5) is 4.79 Å². The van der Waals surface area contributed by atoms with E-state index in [2.05, 4.69) is 11.7 Å². The Morgan fingerprint density at radius 3 is 2.90 bits per heavy atom. The van der Waals surface area contributed by atoms with Crippen molar-refractivity contribution in [2.45, 2.75) is 25.3 Å². The van der Waals surface area contributed by atoms with E-state index in [9.17, 15) is 9.59 Å². The summed E-state index contributed by atoms with van der Waals surface area (Å²) in [6, 6.07) is 7.04. The smallest absolute Gasteiger partial charge is 0.229 e. The summed E-state index contributed by atoms with van der Waals surface area (Å²) in [5.41, 5.74) is 2.74. The molecule has 1 fully saturated rings. The van der Waals surface area contributed by atoms with E-state index >= 15 is 0 Å². The number of carbonyl (C=O) groups excluding carboxylic acids is 2. The van der Waals surface area contributed by atoms with Crippen LogP contribution in [0.15, 0.2) is 30.8 Å². The lowest BCUT2D eigenvalue weighted by Gasteiger charge is -2.25. The lowest BCUT2D eigenvalue weighted by atomic mass is 9.86. The van der Waals surface area contributed by atoms with Crippen LogP contribution in [0.2, 0.25) is 0 Å². The van der Waals surface area contributed by atoms with E-state index in [4.69, 9.17) is 9.28 Å². The first-order valence-electron chi connectivity index (χ1n) is 6.82. The number of hydrogen-bond donors (Lipinski definition) is 1. The van der Waals surface area contributed by atoms with Gasteiger partial charge in [0.1, 0.15) is 0 Å².